The van der Waals surface area contributed by atoms with Gasteiger partial charge in [-0.25, -0.2) is 0 Å². The fraction of sp³-hybridized carbons (Fsp3) is 0. The summed E-state index contributed by atoms with van der Waals surface area (Å²) >= 11 is 0. The molecule has 2 rings (SSSR count). The zero-order valence-electron chi connectivity index (χ0n) is 9.10. The van der Waals surface area contributed by atoms with Gasteiger partial charge in [0, 0.05) is 12.1 Å². The number of para-hydroxylation sites is 1. The topological polar surface area (TPSA) is 60.5 Å². The van der Waals surface area contributed by atoms with Gasteiger partial charge >= 0.3 is 6.69 Å². The third-order valence-corrected chi connectivity index (χ3v) is 2.58. The number of hydrogen-bond donors (Lipinski definition) is 2. The molecule has 0 aliphatic heterocycles. The van der Waals surface area contributed by atoms with Crippen molar-refractivity contribution in [1.29, 1.82) is 0 Å². The number of nitrogens with zero attached hydrogens (tertiary/aromatic N) is 1. The zero-order chi connectivity index (χ0) is 12.3. The van der Waals surface area contributed by atoms with E-state index in [9.17, 15) is 15.0 Å². The number of hydrogen-bond acceptors (Lipinski definition) is 3. The van der Waals surface area contributed by atoms with Crippen LogP contribution in [-0.4, -0.2) is 21.4 Å². The zero-order valence-corrected chi connectivity index (χ0v) is 9.10. The van der Waals surface area contributed by atoms with Crippen molar-refractivity contribution in [3.8, 4) is 0 Å². The molecule has 0 aliphatic rings. The van der Waals surface area contributed by atoms with Gasteiger partial charge in [-0.1, -0.05) is 54.0 Å². The molecule has 0 aliphatic carbocycles. The Labute approximate surface area is 98.7 Å². The van der Waals surface area contributed by atoms with Crippen LogP contribution in [-0.2, 0) is 0 Å². The molecule has 0 saturated heterocycles. The summed E-state index contributed by atoms with van der Waals surface area (Å²) in [6, 6.07) is 16.2. The lowest BCUT2D eigenvalue weighted by Crippen LogP contribution is -2.56. The highest BCUT2D eigenvalue weighted by molar-refractivity contribution is 6.71. The van der Waals surface area contributed by atoms with Crippen LogP contribution in [0.4, 0.5) is 5.69 Å². The van der Waals surface area contributed by atoms with Gasteiger partial charge in [-0.15, -0.1) is 4.67 Å². The Balaban J connectivity index is 2.37. The van der Waals surface area contributed by atoms with E-state index in [4.69, 9.17) is 0 Å². The minimum atomic E-state index is -3.28. The Kier molecular flexibility index (Phi) is 3.04. The van der Waals surface area contributed by atoms with Gasteiger partial charge in [0.2, 0.25) is 5.69 Å². The molecule has 0 atom stereocenters. The molecular weight excluding hydrogens is 217 g/mol. The van der Waals surface area contributed by atoms with Crippen LogP contribution in [0.3, 0.4) is 0 Å². The Morgan fingerprint density at radius 1 is 0.824 bits per heavy atom. The van der Waals surface area contributed by atoms with Crippen molar-refractivity contribution in [2.45, 2.75) is 0 Å². The molecule has 86 valence electrons. The van der Waals surface area contributed by atoms with Crippen molar-refractivity contribution in [1.82, 2.24) is 0 Å². The lowest BCUT2D eigenvalue weighted by atomic mass is 9.64. The largest absolute Gasteiger partial charge is 0.617 e. The smallest absolute Gasteiger partial charge is 0.514 e. The second-order valence-corrected chi connectivity index (χ2v) is 3.81. The lowest BCUT2D eigenvalue weighted by Gasteiger charge is -2.18. The van der Waals surface area contributed by atoms with Crippen LogP contribution in [0.15, 0.2) is 60.7 Å². The first kappa shape index (κ1) is 11.5. The molecular formula is C12H12BNO3. The summed E-state index contributed by atoms with van der Waals surface area (Å²) in [5.41, 5.74) is 0.396. The molecule has 17 heavy (non-hydrogen) atoms. The monoisotopic (exact) mass is 229 g/mol. The molecule has 0 radical (unpaired) electrons. The summed E-state index contributed by atoms with van der Waals surface area (Å²) < 4.78 is 0.231. The first-order valence-electron chi connectivity index (χ1n) is 5.29. The summed E-state index contributed by atoms with van der Waals surface area (Å²) in [5.74, 6) is 0. The van der Waals surface area contributed by atoms with E-state index in [1.54, 1.807) is 36.4 Å². The predicted molar refractivity (Wildman–Crippen MR) is 66.0 cm³/mol. The average Bonchev–Trinajstić information content (AvgIpc) is 2.40. The van der Waals surface area contributed by atoms with Crippen molar-refractivity contribution in [3.05, 3.63) is 65.6 Å². The van der Waals surface area contributed by atoms with Gasteiger partial charge in [-0.3, -0.25) is 0 Å². The summed E-state index contributed by atoms with van der Waals surface area (Å²) in [6.07, 6.45) is 0. The third-order valence-electron chi connectivity index (χ3n) is 2.58. The molecule has 2 N–H and O–H groups in total. The van der Waals surface area contributed by atoms with Crippen LogP contribution < -0.4 is 5.46 Å². The standard InChI is InChI=1S/C12H12BNO3/c15-13(16,11-7-3-1-4-8-11)14(17)12-9-5-2-6-10-12/h1-10,15-16H. The third kappa shape index (κ3) is 2.25. The van der Waals surface area contributed by atoms with Gasteiger partial charge in [0.25, 0.3) is 0 Å². The van der Waals surface area contributed by atoms with E-state index in [2.05, 4.69) is 0 Å². The maximum atomic E-state index is 11.9. The normalized spacial score (nSPS) is 11.2. The van der Waals surface area contributed by atoms with Crippen molar-refractivity contribution in [2.75, 3.05) is 0 Å². The van der Waals surface area contributed by atoms with Crippen LogP contribution >= 0.6 is 0 Å². The second-order valence-electron chi connectivity index (χ2n) is 3.81. The van der Waals surface area contributed by atoms with Gasteiger partial charge in [-0.05, 0) is 4.91 Å². The van der Waals surface area contributed by atoms with Gasteiger partial charge < -0.3 is 10.0 Å². The molecule has 2 aromatic carbocycles. The van der Waals surface area contributed by atoms with Crippen molar-refractivity contribution in [3.63, 3.8) is 0 Å². The Morgan fingerprint density at radius 3 is 1.82 bits per heavy atom. The Morgan fingerprint density at radius 2 is 1.29 bits per heavy atom. The van der Waals surface area contributed by atoms with Crippen molar-refractivity contribution < 1.29 is 14.7 Å². The van der Waals surface area contributed by atoms with Crippen molar-refractivity contribution in [2.24, 2.45) is 0 Å². The number of benzene rings is 2. The molecule has 0 unspecified atom stereocenters. The minimum Gasteiger partial charge on any atom is -0.514 e. The van der Waals surface area contributed by atoms with E-state index < -0.39 is 6.69 Å². The highest BCUT2D eigenvalue weighted by Crippen LogP contribution is 2.14. The van der Waals surface area contributed by atoms with E-state index in [0.29, 0.717) is 0 Å². The molecule has 0 fully saturated rings. The van der Waals surface area contributed by atoms with E-state index in [1.165, 1.54) is 24.3 Å². The van der Waals surface area contributed by atoms with Crippen LogP contribution in [0.1, 0.15) is 0 Å². The molecule has 0 saturated carbocycles. The lowest BCUT2D eigenvalue weighted by molar-refractivity contribution is -0.359. The first-order valence-corrected chi connectivity index (χ1v) is 5.29. The van der Waals surface area contributed by atoms with Gasteiger partial charge in [0.15, 0.2) is 0 Å². The first-order chi connectivity index (χ1) is 8.12. The Bertz CT molecular complexity index is 514. The van der Waals surface area contributed by atoms with E-state index >= 15 is 0 Å². The molecule has 0 heterocycles. The highest BCUT2D eigenvalue weighted by atomic mass is 16.4. The van der Waals surface area contributed by atoms with Gasteiger partial charge in [0.05, 0.1) is 0 Å². The molecule has 0 bridgehead atoms. The SMILES string of the molecule is O=[N+](c1ccccc1)[B-](O)(O)c1ccccc1. The molecule has 0 amide bonds. The molecule has 0 aromatic heterocycles. The molecule has 4 nitrogen and oxygen atoms in total. The average molecular weight is 229 g/mol. The maximum absolute atomic E-state index is 11.9. The second kappa shape index (κ2) is 4.49. The molecule has 2 aromatic rings. The molecule has 0 spiro atoms. The van der Waals surface area contributed by atoms with E-state index in [-0.39, 0.29) is 15.8 Å². The van der Waals surface area contributed by atoms with Crippen LogP contribution in [0.5, 0.6) is 0 Å². The predicted octanol–water partition coefficient (Wildman–Crippen LogP) is 0.928. The fourth-order valence-corrected chi connectivity index (χ4v) is 1.63. The summed E-state index contributed by atoms with van der Waals surface area (Å²) in [6.45, 7) is -3.28. The number of rotatable bonds is 3. The van der Waals surface area contributed by atoms with Crippen LogP contribution in [0.25, 0.3) is 0 Å². The summed E-state index contributed by atoms with van der Waals surface area (Å²) in [4.78, 5) is 11.9. The van der Waals surface area contributed by atoms with E-state index in [0.717, 1.165) is 0 Å². The fourth-order valence-electron chi connectivity index (χ4n) is 1.63. The number of nitroso groups, excluding NO2 is 1. The minimum absolute atomic E-state index is 0.186. The summed E-state index contributed by atoms with van der Waals surface area (Å²) in [5, 5.41) is 19.9. The van der Waals surface area contributed by atoms with Crippen LogP contribution in [0.2, 0.25) is 0 Å². The summed E-state index contributed by atoms with van der Waals surface area (Å²) in [7, 11) is 0. The quantitative estimate of drug-likeness (QED) is 0.769. The van der Waals surface area contributed by atoms with E-state index in [1.807, 2.05) is 0 Å². The van der Waals surface area contributed by atoms with Gasteiger partial charge in [0.1, 0.15) is 0 Å². The Hall–Kier alpha value is -1.98. The van der Waals surface area contributed by atoms with Crippen LogP contribution in [0, 0.1) is 4.91 Å². The van der Waals surface area contributed by atoms with Gasteiger partial charge in [-0.2, -0.15) is 0 Å². The maximum Gasteiger partial charge on any atom is 0.617 e. The molecule has 5 heteroatoms. The van der Waals surface area contributed by atoms with Crippen molar-refractivity contribution >= 4 is 17.8 Å². The highest BCUT2D eigenvalue weighted by Gasteiger charge is 2.43.